The predicted octanol–water partition coefficient (Wildman–Crippen LogP) is 9.12. The molecule has 1 nitrogen and oxygen atoms in total. The number of nitrogens with two attached hydrogens (primary N) is 1. The van der Waals surface area contributed by atoms with Crippen LogP contribution in [0.1, 0.15) is 95.2 Å². The molecule has 3 saturated carbocycles. The number of hydrogen-bond donors (Lipinski definition) is 1. The minimum atomic E-state index is -0.184. The van der Waals surface area contributed by atoms with Crippen molar-refractivity contribution in [2.45, 2.75) is 97.9 Å². The Hall–Kier alpha value is -1.93. The van der Waals surface area contributed by atoms with E-state index >= 15 is 4.39 Å². The van der Waals surface area contributed by atoms with Crippen LogP contribution >= 0.6 is 0 Å². The summed E-state index contributed by atoms with van der Waals surface area (Å²) in [5.41, 5.74) is 14.4. The van der Waals surface area contributed by atoms with Gasteiger partial charge in [-0.2, -0.15) is 0 Å². The number of rotatable bonds is 5. The number of fused-ring (bicyclic) bond motifs is 5. The molecule has 7 unspecified atom stereocenters. The second kappa shape index (κ2) is 9.08. The summed E-state index contributed by atoms with van der Waals surface area (Å²) in [6, 6.07) is 4.00. The highest BCUT2D eigenvalue weighted by atomic mass is 19.1. The molecule has 200 valence electrons. The first-order chi connectivity index (χ1) is 17.4. The van der Waals surface area contributed by atoms with Crippen LogP contribution < -0.4 is 5.73 Å². The van der Waals surface area contributed by atoms with Gasteiger partial charge < -0.3 is 5.73 Å². The summed E-state index contributed by atoms with van der Waals surface area (Å²) in [4.78, 5) is 0. The van der Waals surface area contributed by atoms with Gasteiger partial charge in [0, 0.05) is 11.0 Å². The van der Waals surface area contributed by atoms with Crippen molar-refractivity contribution >= 4 is 0 Å². The highest BCUT2D eigenvalue weighted by molar-refractivity contribution is 5.45. The van der Waals surface area contributed by atoms with Gasteiger partial charge in [-0.3, -0.25) is 0 Å². The van der Waals surface area contributed by atoms with E-state index in [1.165, 1.54) is 17.6 Å². The van der Waals surface area contributed by atoms with Crippen LogP contribution in [0.4, 0.5) is 4.39 Å². The molecular formula is C35H48FN. The normalized spacial score (nSPS) is 39.5. The van der Waals surface area contributed by atoms with Crippen LogP contribution in [0, 0.1) is 54.2 Å². The minimum Gasteiger partial charge on any atom is -0.325 e. The van der Waals surface area contributed by atoms with Gasteiger partial charge in [0.2, 0.25) is 0 Å². The van der Waals surface area contributed by atoms with Gasteiger partial charge >= 0.3 is 0 Å². The molecular weight excluding hydrogens is 453 g/mol. The summed E-state index contributed by atoms with van der Waals surface area (Å²) < 4.78 is 15.3. The molecule has 4 aliphatic carbocycles. The second-order valence-electron chi connectivity index (χ2n) is 13.7. The lowest BCUT2D eigenvalue weighted by Gasteiger charge is -2.62. The quantitative estimate of drug-likeness (QED) is 0.400. The maximum absolute atomic E-state index is 15.3. The zero-order valence-electron chi connectivity index (χ0n) is 24.1. The van der Waals surface area contributed by atoms with Gasteiger partial charge in [0.05, 0.1) is 0 Å². The molecule has 0 bridgehead atoms. The summed E-state index contributed by atoms with van der Waals surface area (Å²) in [7, 11) is 0. The third-order valence-electron chi connectivity index (χ3n) is 11.7. The lowest BCUT2D eigenvalue weighted by molar-refractivity contribution is -0.0498. The van der Waals surface area contributed by atoms with E-state index in [0.29, 0.717) is 23.7 Å². The Morgan fingerprint density at radius 2 is 1.86 bits per heavy atom. The lowest BCUT2D eigenvalue weighted by Crippen LogP contribution is -2.66. The Labute approximate surface area is 225 Å². The van der Waals surface area contributed by atoms with Gasteiger partial charge in [-0.15, -0.1) is 0 Å². The van der Waals surface area contributed by atoms with E-state index in [9.17, 15) is 0 Å². The number of benzene rings is 1. The highest BCUT2D eigenvalue weighted by Gasteiger charge is 2.66. The zero-order valence-corrected chi connectivity index (χ0v) is 24.1. The summed E-state index contributed by atoms with van der Waals surface area (Å²) in [5, 5.41) is 0. The van der Waals surface area contributed by atoms with Crippen molar-refractivity contribution in [1.29, 1.82) is 0 Å². The summed E-state index contributed by atoms with van der Waals surface area (Å²) in [6.45, 7) is 22.2. The SMILES string of the molecule is C=C1C=CC2(C)C(=C1)CCC1(N)C2CCC2(C)C(C(=C)CC)[C@H](CC(C)c3c(C)ccc(C)c3F)CC21. The van der Waals surface area contributed by atoms with Crippen molar-refractivity contribution in [3.8, 4) is 0 Å². The molecule has 0 spiro atoms. The van der Waals surface area contributed by atoms with E-state index in [0.717, 1.165) is 60.8 Å². The molecule has 3 fully saturated rings. The fraction of sp³-hybridized carbons (Fsp3) is 0.600. The van der Waals surface area contributed by atoms with Gasteiger partial charge in [0.15, 0.2) is 0 Å². The number of allylic oxidation sites excluding steroid dienone is 6. The standard InChI is InChI=1S/C35H48FN/c1-9-22(3)31-26(19-25(6)30-23(4)10-11-24(5)32(30)36)20-29-34(31,8)16-14-28-33(7)15-12-21(2)18-27(33)13-17-35(28,29)37/h10-12,15,18,25-26,28-29,31H,2-3,9,13-14,16-17,19-20,37H2,1,4-8H3/t25?,26-,28?,29?,31?,33?,34?,35?/m1/s1. The Morgan fingerprint density at radius 1 is 1.16 bits per heavy atom. The molecule has 2 N–H and O–H groups in total. The third-order valence-corrected chi connectivity index (χ3v) is 11.7. The van der Waals surface area contributed by atoms with Crippen LogP contribution in [-0.2, 0) is 0 Å². The Morgan fingerprint density at radius 3 is 2.57 bits per heavy atom. The minimum absolute atomic E-state index is 0.0134. The molecule has 0 saturated heterocycles. The van der Waals surface area contributed by atoms with E-state index in [4.69, 9.17) is 5.73 Å². The molecule has 5 rings (SSSR count). The molecule has 0 heterocycles. The van der Waals surface area contributed by atoms with Crippen LogP contribution in [0.25, 0.3) is 0 Å². The highest BCUT2D eigenvalue weighted by Crippen LogP contribution is 2.69. The molecule has 0 aliphatic heterocycles. The maximum Gasteiger partial charge on any atom is 0.129 e. The first kappa shape index (κ1) is 26.7. The monoisotopic (exact) mass is 501 g/mol. The number of aryl methyl sites for hydroxylation is 2. The average molecular weight is 502 g/mol. The van der Waals surface area contributed by atoms with Gasteiger partial charge in [0.1, 0.15) is 5.82 Å². The topological polar surface area (TPSA) is 26.0 Å². The lowest BCUT2D eigenvalue weighted by atomic mass is 9.44. The molecule has 4 aliphatic rings. The Balaban J connectivity index is 1.51. The van der Waals surface area contributed by atoms with Crippen molar-refractivity contribution in [2.24, 2.45) is 40.2 Å². The van der Waals surface area contributed by atoms with Crippen LogP contribution in [0.2, 0.25) is 0 Å². The largest absolute Gasteiger partial charge is 0.325 e. The van der Waals surface area contributed by atoms with E-state index in [2.05, 4.69) is 72.1 Å². The molecule has 0 radical (unpaired) electrons. The predicted molar refractivity (Wildman–Crippen MR) is 155 cm³/mol. The third kappa shape index (κ3) is 3.88. The van der Waals surface area contributed by atoms with Crippen molar-refractivity contribution in [1.82, 2.24) is 0 Å². The summed E-state index contributed by atoms with van der Waals surface area (Å²) in [6.07, 6.45) is 14.6. The van der Waals surface area contributed by atoms with Gasteiger partial charge in [-0.05, 0) is 116 Å². The maximum atomic E-state index is 15.3. The van der Waals surface area contributed by atoms with Crippen LogP contribution in [0.5, 0.6) is 0 Å². The van der Waals surface area contributed by atoms with Gasteiger partial charge in [-0.1, -0.05) is 82.4 Å². The van der Waals surface area contributed by atoms with E-state index in [1.807, 2.05) is 13.0 Å². The van der Waals surface area contributed by atoms with Crippen molar-refractivity contribution in [3.05, 3.63) is 82.7 Å². The zero-order chi connectivity index (χ0) is 26.9. The molecule has 0 aromatic heterocycles. The second-order valence-corrected chi connectivity index (χ2v) is 13.7. The van der Waals surface area contributed by atoms with Crippen LogP contribution in [0.3, 0.4) is 0 Å². The summed E-state index contributed by atoms with van der Waals surface area (Å²) in [5.74, 6) is 2.01. The average Bonchev–Trinajstić information content (AvgIpc) is 3.14. The van der Waals surface area contributed by atoms with E-state index in [-0.39, 0.29) is 28.1 Å². The van der Waals surface area contributed by atoms with Crippen molar-refractivity contribution in [2.75, 3.05) is 0 Å². The molecule has 2 heteroatoms. The first-order valence-corrected chi connectivity index (χ1v) is 14.7. The molecule has 1 aromatic carbocycles. The molecule has 0 amide bonds. The Kier molecular flexibility index (Phi) is 6.54. The van der Waals surface area contributed by atoms with E-state index < -0.39 is 0 Å². The van der Waals surface area contributed by atoms with Crippen molar-refractivity contribution < 1.29 is 4.39 Å². The van der Waals surface area contributed by atoms with E-state index in [1.54, 1.807) is 0 Å². The van der Waals surface area contributed by atoms with Gasteiger partial charge in [-0.25, -0.2) is 4.39 Å². The first-order valence-electron chi connectivity index (χ1n) is 14.7. The molecule has 8 atom stereocenters. The Bertz CT molecular complexity index is 1190. The molecule has 37 heavy (non-hydrogen) atoms. The van der Waals surface area contributed by atoms with Crippen LogP contribution in [-0.4, -0.2) is 5.54 Å². The van der Waals surface area contributed by atoms with Crippen LogP contribution in [0.15, 0.2) is 60.2 Å². The summed E-state index contributed by atoms with van der Waals surface area (Å²) >= 11 is 0. The van der Waals surface area contributed by atoms with Gasteiger partial charge in [0.25, 0.3) is 0 Å². The molecule has 1 aromatic rings. The number of halogens is 1. The fourth-order valence-corrected chi connectivity index (χ4v) is 9.87. The smallest absolute Gasteiger partial charge is 0.129 e. The fourth-order valence-electron chi connectivity index (χ4n) is 9.87. The number of hydrogen-bond acceptors (Lipinski definition) is 1. The van der Waals surface area contributed by atoms with Crippen molar-refractivity contribution in [3.63, 3.8) is 0 Å².